The molecule has 16 heteroatoms. The number of benzene rings is 4. The maximum Gasteiger partial charge on any atom is 0.320 e. The SMILES string of the molecule is N[C@@H](CCC(=O)Nc1ccc(Oc2ccc3c(c2)CCC(c2ccccc2)O3)nc1)C(=O)O.N[C@@H](CCC(=O)Nc1ccc(Oc2ccc3c(c2)CCC(c2ccccc2)O3)nc1)C(=O)O. The number of nitrogens with two attached hydrogens (primary N) is 2. The average Bonchev–Trinajstić information content (AvgIpc) is 3.34. The Balaban J connectivity index is 0.000000196. The van der Waals surface area contributed by atoms with E-state index in [-0.39, 0.29) is 49.7 Å². The van der Waals surface area contributed by atoms with Gasteiger partial charge in [-0.2, -0.15) is 0 Å². The van der Waals surface area contributed by atoms with Crippen LogP contribution in [0.5, 0.6) is 34.8 Å². The Morgan fingerprint density at radius 1 is 0.591 bits per heavy atom. The number of carbonyl (C=O) groups is 4. The lowest BCUT2D eigenvalue weighted by Gasteiger charge is -2.26. The molecule has 0 aliphatic carbocycles. The molecule has 0 saturated carbocycles. The van der Waals surface area contributed by atoms with Crippen molar-refractivity contribution in [3.05, 3.63) is 156 Å². The quantitative estimate of drug-likeness (QED) is 0.0537. The molecule has 0 radical (unpaired) electrons. The number of hydrogen-bond acceptors (Lipinski definition) is 12. The van der Waals surface area contributed by atoms with Crippen molar-refractivity contribution in [3.63, 3.8) is 0 Å². The number of aryl methyl sites for hydroxylation is 2. The van der Waals surface area contributed by atoms with Gasteiger partial charge < -0.3 is 51.3 Å². The van der Waals surface area contributed by atoms with Crippen molar-refractivity contribution < 1.29 is 48.3 Å². The van der Waals surface area contributed by atoms with Crippen molar-refractivity contribution in [2.75, 3.05) is 10.6 Å². The highest BCUT2D eigenvalue weighted by Crippen LogP contribution is 2.39. The summed E-state index contributed by atoms with van der Waals surface area (Å²) in [4.78, 5) is 53.8. The Morgan fingerprint density at radius 3 is 1.36 bits per heavy atom. The molecular formula is C50H50N6O10. The van der Waals surface area contributed by atoms with Crippen molar-refractivity contribution in [1.82, 2.24) is 9.97 Å². The summed E-state index contributed by atoms with van der Waals surface area (Å²) < 4.78 is 24.1. The molecule has 2 aliphatic heterocycles. The van der Waals surface area contributed by atoms with E-state index < -0.39 is 24.0 Å². The molecule has 4 heterocycles. The summed E-state index contributed by atoms with van der Waals surface area (Å²) in [7, 11) is 0. The monoisotopic (exact) mass is 894 g/mol. The number of anilines is 2. The first-order valence-corrected chi connectivity index (χ1v) is 21.5. The van der Waals surface area contributed by atoms with E-state index in [1.54, 1.807) is 24.3 Å². The highest BCUT2D eigenvalue weighted by atomic mass is 16.5. The molecule has 16 nitrogen and oxygen atoms in total. The number of pyridine rings is 2. The van der Waals surface area contributed by atoms with E-state index in [0.717, 1.165) is 48.3 Å². The zero-order valence-corrected chi connectivity index (χ0v) is 35.9. The molecule has 0 fully saturated rings. The third kappa shape index (κ3) is 13.1. The van der Waals surface area contributed by atoms with Gasteiger partial charge >= 0.3 is 11.9 Å². The smallest absolute Gasteiger partial charge is 0.320 e. The van der Waals surface area contributed by atoms with Crippen molar-refractivity contribution in [3.8, 4) is 34.8 Å². The fraction of sp³-hybridized carbons (Fsp3) is 0.240. The van der Waals surface area contributed by atoms with Gasteiger partial charge in [0.15, 0.2) is 0 Å². The highest BCUT2D eigenvalue weighted by molar-refractivity contribution is 5.91. The number of amides is 2. The molecule has 0 spiro atoms. The van der Waals surface area contributed by atoms with Crippen molar-refractivity contribution in [2.45, 2.75) is 75.7 Å². The van der Waals surface area contributed by atoms with Gasteiger partial charge in [-0.3, -0.25) is 19.2 Å². The van der Waals surface area contributed by atoms with Crippen LogP contribution in [0.3, 0.4) is 0 Å². The number of carboxylic acids is 2. The summed E-state index contributed by atoms with van der Waals surface area (Å²) in [5, 5.41) is 22.9. The maximum atomic E-state index is 11.9. The van der Waals surface area contributed by atoms with Crippen LogP contribution in [0.2, 0.25) is 0 Å². The molecule has 6 aromatic rings. The lowest BCUT2D eigenvalue weighted by molar-refractivity contribution is -0.139. The maximum absolute atomic E-state index is 11.9. The second-order valence-corrected chi connectivity index (χ2v) is 15.7. The van der Waals surface area contributed by atoms with Crippen LogP contribution >= 0.6 is 0 Å². The van der Waals surface area contributed by atoms with Gasteiger partial charge in [0.2, 0.25) is 23.6 Å². The predicted octanol–water partition coefficient (Wildman–Crippen LogP) is 8.14. The lowest BCUT2D eigenvalue weighted by Crippen LogP contribution is -2.31. The lowest BCUT2D eigenvalue weighted by atomic mass is 9.97. The number of fused-ring (bicyclic) bond motifs is 2. The Hall–Kier alpha value is -7.82. The van der Waals surface area contributed by atoms with Gasteiger partial charge in [0.1, 0.15) is 47.3 Å². The number of rotatable bonds is 16. The molecular weight excluding hydrogens is 845 g/mol. The Morgan fingerprint density at radius 2 is 1.00 bits per heavy atom. The zero-order chi connectivity index (χ0) is 46.4. The molecule has 340 valence electrons. The molecule has 2 unspecified atom stereocenters. The highest BCUT2D eigenvalue weighted by Gasteiger charge is 2.23. The second-order valence-electron chi connectivity index (χ2n) is 15.7. The summed E-state index contributed by atoms with van der Waals surface area (Å²) in [6.45, 7) is 0. The minimum atomic E-state index is -1.13. The van der Waals surface area contributed by atoms with Crippen LogP contribution < -0.4 is 41.0 Å². The number of hydrogen-bond donors (Lipinski definition) is 6. The molecule has 0 bridgehead atoms. The number of nitrogens with one attached hydrogen (secondary N) is 2. The third-order valence-corrected chi connectivity index (χ3v) is 10.8. The number of carbonyl (C=O) groups excluding carboxylic acids is 2. The Labute approximate surface area is 380 Å². The molecule has 0 saturated heterocycles. The van der Waals surface area contributed by atoms with E-state index in [1.807, 2.05) is 72.8 Å². The van der Waals surface area contributed by atoms with E-state index >= 15 is 0 Å². The molecule has 2 amide bonds. The van der Waals surface area contributed by atoms with Crippen molar-refractivity contribution in [1.29, 1.82) is 0 Å². The predicted molar refractivity (Wildman–Crippen MR) is 245 cm³/mol. The van der Waals surface area contributed by atoms with Crippen LogP contribution in [0.15, 0.2) is 134 Å². The first-order chi connectivity index (χ1) is 31.9. The van der Waals surface area contributed by atoms with Gasteiger partial charge in [0.25, 0.3) is 0 Å². The minimum absolute atomic E-state index is 0.00798. The van der Waals surface area contributed by atoms with Crippen LogP contribution in [0.4, 0.5) is 11.4 Å². The first-order valence-electron chi connectivity index (χ1n) is 21.5. The summed E-state index contributed by atoms with van der Waals surface area (Å²) in [5.41, 5.74) is 16.3. The zero-order valence-electron chi connectivity index (χ0n) is 35.9. The van der Waals surface area contributed by atoms with Gasteiger partial charge in [-0.1, -0.05) is 60.7 Å². The number of carboxylic acid groups (broad SMARTS) is 2. The normalized spacial score (nSPS) is 15.6. The first kappa shape index (κ1) is 46.2. The summed E-state index contributed by atoms with van der Waals surface area (Å²) in [6, 6.07) is 36.3. The number of aliphatic carboxylic acids is 2. The fourth-order valence-electron chi connectivity index (χ4n) is 7.20. The Bertz CT molecular complexity index is 2420. The van der Waals surface area contributed by atoms with E-state index in [1.165, 1.54) is 23.5 Å². The van der Waals surface area contributed by atoms with E-state index in [0.29, 0.717) is 34.6 Å². The minimum Gasteiger partial charge on any atom is -0.485 e. The third-order valence-electron chi connectivity index (χ3n) is 10.8. The summed E-state index contributed by atoms with van der Waals surface area (Å²) >= 11 is 0. The van der Waals surface area contributed by atoms with Crippen LogP contribution in [-0.2, 0) is 32.0 Å². The fourth-order valence-corrected chi connectivity index (χ4v) is 7.20. The van der Waals surface area contributed by atoms with Gasteiger partial charge in [-0.05, 0) is 109 Å². The van der Waals surface area contributed by atoms with Gasteiger partial charge in [-0.15, -0.1) is 0 Å². The average molecular weight is 895 g/mol. The summed E-state index contributed by atoms with van der Waals surface area (Å²) in [5.74, 6) is 0.888. The largest absolute Gasteiger partial charge is 0.485 e. The topological polar surface area (TPSA) is 248 Å². The van der Waals surface area contributed by atoms with Crippen LogP contribution in [0.25, 0.3) is 0 Å². The van der Waals surface area contributed by atoms with Gasteiger partial charge in [-0.25, -0.2) is 9.97 Å². The van der Waals surface area contributed by atoms with Gasteiger partial charge in [0, 0.05) is 25.0 Å². The standard InChI is InChI=1S/2C25H25N3O5/c2*26-20(25(30)31)9-12-23(29)28-18-7-13-24(27-15-18)32-19-8-11-22-17(14-19)6-10-21(33-22)16-4-2-1-3-5-16/h2*1-5,7-8,11,13-15,20-21H,6,9-10,12,26H2,(H,28,29)(H,30,31)/t2*20-,21?/m00/s1. The van der Waals surface area contributed by atoms with E-state index in [9.17, 15) is 19.2 Å². The van der Waals surface area contributed by atoms with Crippen molar-refractivity contribution >= 4 is 35.1 Å². The van der Waals surface area contributed by atoms with E-state index in [2.05, 4.69) is 44.9 Å². The molecule has 4 aromatic carbocycles. The number of ether oxygens (including phenoxy) is 4. The molecule has 8 rings (SSSR count). The molecule has 8 N–H and O–H groups in total. The van der Waals surface area contributed by atoms with Crippen LogP contribution in [-0.4, -0.2) is 56.0 Å². The van der Waals surface area contributed by atoms with Crippen LogP contribution in [0, 0.1) is 0 Å². The summed E-state index contributed by atoms with van der Waals surface area (Å²) in [6.07, 6.45) is 6.76. The number of nitrogens with zero attached hydrogens (tertiary/aromatic N) is 2. The molecule has 4 atom stereocenters. The van der Waals surface area contributed by atoms with Crippen molar-refractivity contribution in [2.24, 2.45) is 11.5 Å². The second kappa shape index (κ2) is 22.2. The number of aromatic nitrogens is 2. The van der Waals surface area contributed by atoms with E-state index in [4.69, 9.17) is 40.6 Å². The Kier molecular flexibility index (Phi) is 15.5. The molecule has 66 heavy (non-hydrogen) atoms. The van der Waals surface area contributed by atoms with Crippen LogP contribution in [0.1, 0.15) is 73.0 Å². The molecule has 2 aromatic heterocycles. The van der Waals surface area contributed by atoms with Gasteiger partial charge in [0.05, 0.1) is 23.8 Å². The molecule has 2 aliphatic rings.